The number of pyridine rings is 1. The molecule has 9 rings (SSSR count). The summed E-state index contributed by atoms with van der Waals surface area (Å²) in [6, 6.07) is 0.600. The van der Waals surface area contributed by atoms with Crippen molar-refractivity contribution in [2.75, 3.05) is 43.5 Å². The van der Waals surface area contributed by atoms with Crippen LogP contribution >= 0.6 is 0 Å². The van der Waals surface area contributed by atoms with E-state index in [1.165, 1.54) is 6.92 Å². The number of benzene rings is 1. The summed E-state index contributed by atoms with van der Waals surface area (Å²) in [6.45, 7) is 3.10. The largest absolute Gasteiger partial charge is 0.487 e. The molecule has 2 aromatic heterocycles. The maximum atomic E-state index is 17.0. The lowest BCUT2D eigenvalue weighted by Crippen LogP contribution is -2.60. The maximum Gasteiger partial charge on any atom is 0.418 e. The molecule has 6 aliphatic rings. The SMILES string of the molecule is CCc1cc(N)nc(-c2c(F)c3c4c(nc(OC[C@]56C[C@@H](F)CN5CC5(CCC5)C6)nc4c2F)N2CC4CCC(N4)C2CO3)c1C(F)(F)F. The first-order valence-corrected chi connectivity index (χ1v) is 17.2. The van der Waals surface area contributed by atoms with Gasteiger partial charge in [0.1, 0.15) is 36.5 Å². The molecule has 1 saturated carbocycles. The van der Waals surface area contributed by atoms with E-state index in [2.05, 4.69) is 20.2 Å². The van der Waals surface area contributed by atoms with Crippen LogP contribution in [0.15, 0.2) is 6.07 Å². The number of fused-ring (bicyclic) bond motifs is 6. The maximum absolute atomic E-state index is 17.0. The number of nitrogens with one attached hydrogen (secondary N) is 1. The molecule has 7 heterocycles. The number of nitrogens with zero attached hydrogens (tertiary/aromatic N) is 5. The molecule has 3 unspecified atom stereocenters. The molecule has 5 aliphatic heterocycles. The molecule has 3 N–H and O–H groups in total. The summed E-state index contributed by atoms with van der Waals surface area (Å²) in [5.41, 5.74) is 1.48. The summed E-state index contributed by atoms with van der Waals surface area (Å²) in [7, 11) is 0. The standard InChI is InChI=1S/C34H37F6N7O2/c1-2-16-8-21(41)43-27(24(16)34(38,39)40)22-25(36)28-23-29(26(22)37)48-12-20-19-5-4-18(42-19)11-47(20)30(23)45-31(44-28)49-15-33-9-17(35)10-46(33)14-32(13-33)6-3-7-32/h8,17-20,42H,2-7,9-15H2,1H3,(H2,41,43)/t17-,18?,19?,20?,33-/m1/s1. The minimum Gasteiger partial charge on any atom is -0.487 e. The molecular formula is C34H37F6N7O2. The van der Waals surface area contributed by atoms with E-state index in [1.54, 1.807) is 0 Å². The van der Waals surface area contributed by atoms with Gasteiger partial charge < -0.3 is 25.4 Å². The zero-order valence-electron chi connectivity index (χ0n) is 27.0. The van der Waals surface area contributed by atoms with Crippen molar-refractivity contribution in [3.63, 3.8) is 0 Å². The number of nitrogens with two attached hydrogens (primary N) is 1. The third-order valence-electron chi connectivity index (χ3n) is 12.0. The zero-order valence-corrected chi connectivity index (χ0v) is 27.0. The molecule has 1 aliphatic carbocycles. The highest BCUT2D eigenvalue weighted by atomic mass is 19.4. The van der Waals surface area contributed by atoms with Crippen molar-refractivity contribution in [1.29, 1.82) is 0 Å². The fraction of sp³-hybridized carbons (Fsp3) is 0.618. The Kier molecular flexibility index (Phi) is 6.86. The highest BCUT2D eigenvalue weighted by Crippen LogP contribution is 2.57. The molecule has 262 valence electrons. The van der Waals surface area contributed by atoms with E-state index in [-0.39, 0.29) is 71.8 Å². The molecule has 0 amide bonds. The number of ether oxygens (including phenoxy) is 2. The molecular weight excluding hydrogens is 652 g/mol. The van der Waals surface area contributed by atoms with Crippen LogP contribution in [0, 0.1) is 17.0 Å². The smallest absolute Gasteiger partial charge is 0.418 e. The van der Waals surface area contributed by atoms with Crippen molar-refractivity contribution in [3.8, 4) is 23.0 Å². The van der Waals surface area contributed by atoms with Crippen LogP contribution < -0.4 is 25.4 Å². The highest BCUT2D eigenvalue weighted by Gasteiger charge is 2.60. The number of hydrogen-bond donors (Lipinski definition) is 2. The minimum absolute atomic E-state index is 0.0250. The average Bonchev–Trinajstić information content (AvgIpc) is 3.63. The minimum atomic E-state index is -5.00. The first kappa shape index (κ1) is 31.4. The summed E-state index contributed by atoms with van der Waals surface area (Å²) in [5.74, 6) is -3.26. The predicted octanol–water partition coefficient (Wildman–Crippen LogP) is 5.57. The van der Waals surface area contributed by atoms with E-state index < -0.39 is 57.6 Å². The van der Waals surface area contributed by atoms with E-state index >= 15 is 8.78 Å². The molecule has 15 heteroatoms. The van der Waals surface area contributed by atoms with Crippen molar-refractivity contribution in [2.24, 2.45) is 5.41 Å². The second kappa shape index (κ2) is 10.7. The Hall–Kier alpha value is -3.59. The van der Waals surface area contributed by atoms with E-state index in [1.807, 2.05) is 4.90 Å². The fourth-order valence-electron chi connectivity index (χ4n) is 9.78. The van der Waals surface area contributed by atoms with Gasteiger partial charge in [0.15, 0.2) is 17.4 Å². The van der Waals surface area contributed by atoms with Crippen molar-refractivity contribution in [2.45, 2.75) is 94.3 Å². The van der Waals surface area contributed by atoms with E-state index in [0.29, 0.717) is 19.5 Å². The lowest BCUT2D eigenvalue weighted by Gasteiger charge is -2.40. The van der Waals surface area contributed by atoms with Crippen LogP contribution in [0.1, 0.15) is 63.0 Å². The zero-order chi connectivity index (χ0) is 34.0. The Balaban J connectivity index is 1.22. The summed E-state index contributed by atoms with van der Waals surface area (Å²) >= 11 is 0. The fourth-order valence-corrected chi connectivity index (χ4v) is 9.78. The van der Waals surface area contributed by atoms with Gasteiger partial charge in [0.25, 0.3) is 0 Å². The normalized spacial score (nSPS) is 29.9. The van der Waals surface area contributed by atoms with Gasteiger partial charge in [0, 0.05) is 38.1 Å². The molecule has 49 heavy (non-hydrogen) atoms. The third-order valence-corrected chi connectivity index (χ3v) is 12.0. The molecule has 9 nitrogen and oxygen atoms in total. The van der Waals surface area contributed by atoms with Crippen molar-refractivity contribution >= 4 is 22.5 Å². The average molecular weight is 690 g/mol. The van der Waals surface area contributed by atoms with Crippen LogP contribution in [-0.4, -0.2) is 82.5 Å². The second-order valence-electron chi connectivity index (χ2n) is 15.0. The number of alkyl halides is 4. The first-order valence-electron chi connectivity index (χ1n) is 17.2. The summed E-state index contributed by atoms with van der Waals surface area (Å²) in [5, 5.41) is 3.47. The Morgan fingerprint density at radius 3 is 2.67 bits per heavy atom. The number of nitrogen functional groups attached to an aromatic ring is 1. The van der Waals surface area contributed by atoms with Gasteiger partial charge in [-0.3, -0.25) is 4.90 Å². The lowest BCUT2D eigenvalue weighted by molar-refractivity contribution is -0.137. The predicted molar refractivity (Wildman–Crippen MR) is 168 cm³/mol. The number of aromatic nitrogens is 3. The summed E-state index contributed by atoms with van der Waals surface area (Å²) in [4.78, 5) is 17.1. The van der Waals surface area contributed by atoms with Gasteiger partial charge in [-0.2, -0.15) is 23.1 Å². The van der Waals surface area contributed by atoms with E-state index in [4.69, 9.17) is 20.2 Å². The Morgan fingerprint density at radius 2 is 1.94 bits per heavy atom. The van der Waals surface area contributed by atoms with Crippen molar-refractivity contribution < 1.29 is 35.8 Å². The number of aryl methyl sites for hydroxylation is 1. The van der Waals surface area contributed by atoms with Crippen molar-refractivity contribution in [3.05, 3.63) is 28.8 Å². The first-order chi connectivity index (χ1) is 23.4. The molecule has 1 spiro atoms. The number of halogens is 6. The van der Waals surface area contributed by atoms with Crippen LogP contribution in [0.25, 0.3) is 22.2 Å². The highest BCUT2D eigenvalue weighted by molar-refractivity contribution is 6.00. The summed E-state index contributed by atoms with van der Waals surface area (Å²) < 4.78 is 105. The number of rotatable bonds is 5. The van der Waals surface area contributed by atoms with Crippen LogP contribution in [0.5, 0.6) is 11.8 Å². The van der Waals surface area contributed by atoms with Gasteiger partial charge in [-0.05, 0) is 55.6 Å². The number of piperazine rings is 1. The molecule has 0 radical (unpaired) electrons. The number of hydrogen-bond acceptors (Lipinski definition) is 9. The molecule has 5 fully saturated rings. The molecule has 4 saturated heterocycles. The van der Waals surface area contributed by atoms with E-state index in [0.717, 1.165) is 51.1 Å². The Bertz CT molecular complexity index is 1870. The van der Waals surface area contributed by atoms with Crippen LogP contribution in [0.2, 0.25) is 0 Å². The molecule has 2 bridgehead atoms. The quantitative estimate of drug-likeness (QED) is 0.333. The van der Waals surface area contributed by atoms with Crippen molar-refractivity contribution in [1.82, 2.24) is 25.2 Å². The van der Waals surface area contributed by atoms with Crippen LogP contribution in [0.4, 0.5) is 38.0 Å². The van der Waals surface area contributed by atoms with Gasteiger partial charge in [-0.1, -0.05) is 13.3 Å². The Labute approximate surface area is 278 Å². The third kappa shape index (κ3) is 4.70. The Morgan fingerprint density at radius 1 is 1.12 bits per heavy atom. The van der Waals surface area contributed by atoms with E-state index in [9.17, 15) is 17.6 Å². The molecule has 1 aromatic carbocycles. The van der Waals surface area contributed by atoms with Crippen LogP contribution in [0.3, 0.4) is 0 Å². The van der Waals surface area contributed by atoms with Gasteiger partial charge in [-0.25, -0.2) is 18.2 Å². The van der Waals surface area contributed by atoms with Gasteiger partial charge in [-0.15, -0.1) is 0 Å². The monoisotopic (exact) mass is 689 g/mol. The van der Waals surface area contributed by atoms with Gasteiger partial charge in [0.2, 0.25) is 0 Å². The van der Waals surface area contributed by atoms with Gasteiger partial charge in [0.05, 0.1) is 33.8 Å². The molecule has 5 atom stereocenters. The number of anilines is 2. The second-order valence-corrected chi connectivity index (χ2v) is 15.0. The van der Waals surface area contributed by atoms with Gasteiger partial charge >= 0.3 is 12.2 Å². The lowest BCUT2D eigenvalue weighted by atomic mass is 9.65. The molecule has 3 aromatic rings. The van der Waals surface area contributed by atoms with Crippen LogP contribution in [-0.2, 0) is 12.6 Å². The summed E-state index contributed by atoms with van der Waals surface area (Å²) in [6.07, 6.45) is -0.0383. The topological polar surface area (TPSA) is 102 Å².